The molecule has 1 aliphatic carbocycles. The third-order valence-electron chi connectivity index (χ3n) is 3.94. The third-order valence-corrected chi connectivity index (χ3v) is 3.94. The molecule has 0 saturated heterocycles. The van der Waals surface area contributed by atoms with Gasteiger partial charge in [-0.2, -0.15) is 0 Å². The van der Waals surface area contributed by atoms with Gasteiger partial charge in [-0.3, -0.25) is 0 Å². The molecule has 0 radical (unpaired) electrons. The summed E-state index contributed by atoms with van der Waals surface area (Å²) in [4.78, 5) is 0. The van der Waals surface area contributed by atoms with Gasteiger partial charge in [-0.05, 0) is 62.8 Å². The molecule has 0 atom stereocenters. The molecule has 0 spiro atoms. The fraction of sp³-hybridized carbons (Fsp3) is 0.600. The summed E-state index contributed by atoms with van der Waals surface area (Å²) in [6, 6.07) is 9.27. The Morgan fingerprint density at radius 2 is 1.76 bits per heavy atom. The van der Waals surface area contributed by atoms with Crippen molar-refractivity contribution >= 4 is 0 Å². The topological polar surface area (TPSA) is 21.3 Å². The lowest BCUT2D eigenvalue weighted by Crippen LogP contribution is -2.30. The first-order valence-corrected chi connectivity index (χ1v) is 6.62. The van der Waals surface area contributed by atoms with Crippen molar-refractivity contribution in [1.82, 2.24) is 5.32 Å². The number of ether oxygens (including phenoxy) is 1. The van der Waals surface area contributed by atoms with Crippen LogP contribution in [0.15, 0.2) is 24.3 Å². The van der Waals surface area contributed by atoms with Crippen molar-refractivity contribution in [1.29, 1.82) is 0 Å². The Morgan fingerprint density at radius 3 is 2.29 bits per heavy atom. The van der Waals surface area contributed by atoms with Gasteiger partial charge in [0.05, 0.1) is 7.11 Å². The molecule has 2 rings (SSSR count). The minimum Gasteiger partial charge on any atom is -0.497 e. The van der Waals surface area contributed by atoms with Crippen LogP contribution in [0.2, 0.25) is 0 Å². The van der Waals surface area contributed by atoms with Gasteiger partial charge in [0.2, 0.25) is 0 Å². The summed E-state index contributed by atoms with van der Waals surface area (Å²) in [5, 5.41) is 3.39. The highest BCUT2D eigenvalue weighted by atomic mass is 16.5. The molecule has 0 heterocycles. The maximum absolute atomic E-state index is 5.18. The van der Waals surface area contributed by atoms with Gasteiger partial charge in [0.15, 0.2) is 0 Å². The molecular weight excluding hydrogens is 210 g/mol. The van der Waals surface area contributed by atoms with Crippen molar-refractivity contribution in [3.8, 4) is 5.75 Å². The highest BCUT2D eigenvalue weighted by Crippen LogP contribution is 2.27. The van der Waals surface area contributed by atoms with E-state index in [-0.39, 0.29) is 0 Å². The van der Waals surface area contributed by atoms with Gasteiger partial charge >= 0.3 is 0 Å². The summed E-state index contributed by atoms with van der Waals surface area (Å²) < 4.78 is 5.18. The monoisotopic (exact) mass is 233 g/mol. The van der Waals surface area contributed by atoms with Crippen molar-refractivity contribution in [2.75, 3.05) is 14.2 Å². The molecule has 1 aromatic carbocycles. The molecule has 2 nitrogen and oxygen atoms in total. The summed E-state index contributed by atoms with van der Waals surface area (Å²) >= 11 is 0. The number of hydrogen-bond donors (Lipinski definition) is 1. The number of hydrogen-bond acceptors (Lipinski definition) is 2. The average Bonchev–Trinajstić information content (AvgIpc) is 2.40. The van der Waals surface area contributed by atoms with Crippen molar-refractivity contribution in [2.45, 2.75) is 38.1 Å². The van der Waals surface area contributed by atoms with E-state index in [1.807, 2.05) is 0 Å². The second kappa shape index (κ2) is 6.06. The normalized spacial score (nSPS) is 24.6. The summed E-state index contributed by atoms with van der Waals surface area (Å²) in [6.45, 7) is 0. The Kier molecular flexibility index (Phi) is 4.43. The van der Waals surface area contributed by atoms with Crippen LogP contribution in [-0.4, -0.2) is 20.2 Å². The van der Waals surface area contributed by atoms with Crippen LogP contribution >= 0.6 is 0 Å². The lowest BCUT2D eigenvalue weighted by molar-refractivity contribution is 0.300. The Hall–Kier alpha value is -1.02. The molecule has 1 aliphatic rings. The van der Waals surface area contributed by atoms with Gasteiger partial charge in [-0.15, -0.1) is 0 Å². The number of rotatable bonds is 4. The highest BCUT2D eigenvalue weighted by molar-refractivity contribution is 5.27. The fourth-order valence-electron chi connectivity index (χ4n) is 2.75. The lowest BCUT2D eigenvalue weighted by atomic mass is 9.82. The lowest BCUT2D eigenvalue weighted by Gasteiger charge is -2.28. The molecule has 1 fully saturated rings. The molecule has 0 amide bonds. The number of methoxy groups -OCH3 is 1. The van der Waals surface area contributed by atoms with Gasteiger partial charge < -0.3 is 10.1 Å². The van der Waals surface area contributed by atoms with Crippen LogP contribution in [-0.2, 0) is 6.42 Å². The largest absolute Gasteiger partial charge is 0.497 e. The van der Waals surface area contributed by atoms with Crippen LogP contribution in [0.1, 0.15) is 31.2 Å². The van der Waals surface area contributed by atoms with E-state index < -0.39 is 0 Å². The van der Waals surface area contributed by atoms with E-state index in [9.17, 15) is 0 Å². The third kappa shape index (κ3) is 3.47. The van der Waals surface area contributed by atoms with E-state index in [1.54, 1.807) is 7.11 Å². The zero-order valence-corrected chi connectivity index (χ0v) is 10.9. The van der Waals surface area contributed by atoms with Gasteiger partial charge in [-0.1, -0.05) is 12.1 Å². The van der Waals surface area contributed by atoms with Crippen LogP contribution in [0.25, 0.3) is 0 Å². The molecule has 1 aromatic rings. The summed E-state index contributed by atoms with van der Waals surface area (Å²) in [7, 11) is 3.79. The maximum Gasteiger partial charge on any atom is 0.118 e. The zero-order valence-electron chi connectivity index (χ0n) is 10.9. The van der Waals surface area contributed by atoms with E-state index in [0.717, 1.165) is 17.7 Å². The second-order valence-corrected chi connectivity index (χ2v) is 5.06. The Bertz CT molecular complexity index is 325. The van der Waals surface area contributed by atoms with E-state index in [1.165, 1.54) is 37.7 Å². The highest BCUT2D eigenvalue weighted by Gasteiger charge is 2.19. The van der Waals surface area contributed by atoms with Gasteiger partial charge in [0.1, 0.15) is 5.75 Å². The Balaban J connectivity index is 1.84. The van der Waals surface area contributed by atoms with Crippen molar-refractivity contribution in [2.24, 2.45) is 5.92 Å². The Morgan fingerprint density at radius 1 is 1.12 bits per heavy atom. The SMILES string of the molecule is CNC1CCC(Cc2ccc(OC)cc2)CC1. The van der Waals surface area contributed by atoms with Crippen LogP contribution in [0.5, 0.6) is 5.75 Å². The number of benzene rings is 1. The molecule has 2 heteroatoms. The number of nitrogens with one attached hydrogen (secondary N) is 1. The first-order chi connectivity index (χ1) is 8.31. The standard InChI is InChI=1S/C15H23NO/c1-16-14-7-3-12(4-8-14)11-13-5-9-15(17-2)10-6-13/h5-6,9-10,12,14,16H,3-4,7-8,11H2,1-2H3. The van der Waals surface area contributed by atoms with Gasteiger partial charge in [-0.25, -0.2) is 0 Å². The second-order valence-electron chi connectivity index (χ2n) is 5.06. The first-order valence-electron chi connectivity index (χ1n) is 6.62. The van der Waals surface area contributed by atoms with E-state index in [0.29, 0.717) is 0 Å². The van der Waals surface area contributed by atoms with Crippen LogP contribution < -0.4 is 10.1 Å². The van der Waals surface area contributed by atoms with E-state index in [2.05, 4.69) is 36.6 Å². The smallest absolute Gasteiger partial charge is 0.118 e. The average molecular weight is 233 g/mol. The molecule has 0 aromatic heterocycles. The molecule has 0 aliphatic heterocycles. The molecule has 0 unspecified atom stereocenters. The van der Waals surface area contributed by atoms with E-state index in [4.69, 9.17) is 4.74 Å². The van der Waals surface area contributed by atoms with E-state index >= 15 is 0 Å². The molecule has 1 saturated carbocycles. The predicted octanol–water partition coefficient (Wildman–Crippen LogP) is 3.02. The van der Waals surface area contributed by atoms with Crippen molar-refractivity contribution < 1.29 is 4.74 Å². The maximum atomic E-state index is 5.18. The summed E-state index contributed by atoms with van der Waals surface area (Å²) in [6.07, 6.45) is 6.60. The molecular formula is C15H23NO. The molecule has 1 N–H and O–H groups in total. The predicted molar refractivity (Wildman–Crippen MR) is 71.5 cm³/mol. The van der Waals surface area contributed by atoms with Crippen LogP contribution in [0.4, 0.5) is 0 Å². The fourth-order valence-corrected chi connectivity index (χ4v) is 2.75. The van der Waals surface area contributed by atoms with Crippen molar-refractivity contribution in [3.63, 3.8) is 0 Å². The minimum absolute atomic E-state index is 0.752. The zero-order chi connectivity index (χ0) is 12.1. The quantitative estimate of drug-likeness (QED) is 0.863. The molecule has 94 valence electrons. The van der Waals surface area contributed by atoms with Gasteiger partial charge in [0.25, 0.3) is 0 Å². The van der Waals surface area contributed by atoms with Crippen LogP contribution in [0.3, 0.4) is 0 Å². The summed E-state index contributed by atoms with van der Waals surface area (Å²) in [5.41, 5.74) is 1.44. The molecule has 17 heavy (non-hydrogen) atoms. The first kappa shape index (κ1) is 12.4. The van der Waals surface area contributed by atoms with Gasteiger partial charge in [0, 0.05) is 6.04 Å². The molecule has 0 bridgehead atoms. The Labute approximate surface area is 104 Å². The minimum atomic E-state index is 0.752. The summed E-state index contributed by atoms with van der Waals surface area (Å²) in [5.74, 6) is 1.82. The van der Waals surface area contributed by atoms with Crippen LogP contribution in [0, 0.1) is 5.92 Å². The van der Waals surface area contributed by atoms with Crippen molar-refractivity contribution in [3.05, 3.63) is 29.8 Å².